The zero-order chi connectivity index (χ0) is 22.8. The predicted molar refractivity (Wildman–Crippen MR) is 122 cm³/mol. The number of phenolic OH excluding ortho intramolecular Hbond substituents is 2. The number of phenols is 2. The van der Waals surface area contributed by atoms with Crippen LogP contribution in [0, 0.1) is 11.3 Å². The standard InChI is InChI=1S/C24H34BNO6/c1-23(2)7-4-8-24(3)17(23)6-5-15(26-9-11-31-12-10-26)22-18(24)14-13-16(27)20(28)19(25(29)30)21(14)32-22/h13,15,17,27-30H,4-12H2,1-3H3. The Labute approximate surface area is 189 Å². The van der Waals surface area contributed by atoms with Crippen molar-refractivity contribution in [1.82, 2.24) is 4.90 Å². The van der Waals surface area contributed by atoms with Gasteiger partial charge in [0.1, 0.15) is 11.3 Å². The summed E-state index contributed by atoms with van der Waals surface area (Å²) in [7, 11) is -1.95. The second-order valence-electron chi connectivity index (χ2n) is 10.8. The van der Waals surface area contributed by atoms with Gasteiger partial charge in [-0.1, -0.05) is 27.2 Å². The fraction of sp³-hybridized carbons (Fsp3) is 0.667. The van der Waals surface area contributed by atoms with Gasteiger partial charge in [-0.3, -0.25) is 4.90 Å². The van der Waals surface area contributed by atoms with Crippen molar-refractivity contribution >= 4 is 23.6 Å². The molecule has 0 radical (unpaired) electrons. The zero-order valence-corrected chi connectivity index (χ0v) is 19.2. The molecular formula is C24H34BNO6. The van der Waals surface area contributed by atoms with Crippen LogP contribution in [0.3, 0.4) is 0 Å². The highest BCUT2D eigenvalue weighted by Gasteiger charge is 2.53. The molecule has 5 rings (SSSR count). The molecule has 4 N–H and O–H groups in total. The summed E-state index contributed by atoms with van der Waals surface area (Å²) in [5, 5.41) is 41.7. The molecule has 2 heterocycles. The van der Waals surface area contributed by atoms with Crippen LogP contribution < -0.4 is 5.46 Å². The van der Waals surface area contributed by atoms with Crippen LogP contribution in [0.25, 0.3) is 11.0 Å². The molecule has 1 aromatic carbocycles. The normalized spacial score (nSPS) is 30.5. The van der Waals surface area contributed by atoms with Crippen molar-refractivity contribution in [2.45, 2.75) is 64.3 Å². The van der Waals surface area contributed by atoms with Crippen LogP contribution >= 0.6 is 0 Å². The first-order valence-electron chi connectivity index (χ1n) is 11.8. The van der Waals surface area contributed by atoms with Crippen LogP contribution in [0.5, 0.6) is 11.5 Å². The molecule has 2 fully saturated rings. The fourth-order valence-corrected chi connectivity index (χ4v) is 7.14. The molecule has 7 nitrogen and oxygen atoms in total. The molecule has 8 heteroatoms. The Hall–Kier alpha value is -1.74. The minimum atomic E-state index is -1.95. The topological polar surface area (TPSA) is 107 Å². The molecule has 0 amide bonds. The summed E-state index contributed by atoms with van der Waals surface area (Å²) in [5.74, 6) is 0.376. The molecule has 2 aliphatic carbocycles. The van der Waals surface area contributed by atoms with E-state index in [1.54, 1.807) is 6.07 Å². The van der Waals surface area contributed by atoms with Gasteiger partial charge < -0.3 is 29.4 Å². The van der Waals surface area contributed by atoms with Gasteiger partial charge in [0.25, 0.3) is 0 Å². The van der Waals surface area contributed by atoms with Gasteiger partial charge in [-0.05, 0) is 48.5 Å². The molecule has 1 aromatic heterocycles. The maximum atomic E-state index is 10.5. The Morgan fingerprint density at radius 2 is 1.78 bits per heavy atom. The Morgan fingerprint density at radius 3 is 2.47 bits per heavy atom. The molecule has 32 heavy (non-hydrogen) atoms. The summed E-state index contributed by atoms with van der Waals surface area (Å²) in [6.45, 7) is 10.0. The van der Waals surface area contributed by atoms with Gasteiger partial charge in [0.05, 0.1) is 24.7 Å². The number of hydrogen-bond donors (Lipinski definition) is 4. The molecule has 1 aliphatic heterocycles. The molecule has 2 aromatic rings. The van der Waals surface area contributed by atoms with E-state index < -0.39 is 12.9 Å². The van der Waals surface area contributed by atoms with E-state index in [2.05, 4.69) is 25.7 Å². The van der Waals surface area contributed by atoms with E-state index in [1.165, 1.54) is 6.42 Å². The second-order valence-corrected chi connectivity index (χ2v) is 10.8. The Balaban J connectivity index is 1.81. The Morgan fingerprint density at radius 1 is 1.06 bits per heavy atom. The van der Waals surface area contributed by atoms with E-state index in [0.29, 0.717) is 24.5 Å². The number of morpholine rings is 1. The Bertz CT molecular complexity index is 1030. The predicted octanol–water partition coefficient (Wildman–Crippen LogP) is 2.77. The molecular weight excluding hydrogens is 409 g/mol. The van der Waals surface area contributed by atoms with Gasteiger partial charge in [-0.25, -0.2) is 0 Å². The summed E-state index contributed by atoms with van der Waals surface area (Å²) in [6.07, 6.45) is 5.32. The van der Waals surface area contributed by atoms with Crippen LogP contribution in [0.15, 0.2) is 10.5 Å². The quantitative estimate of drug-likeness (QED) is 0.418. The molecule has 1 saturated carbocycles. The molecule has 0 spiro atoms. The largest absolute Gasteiger partial charge is 0.504 e. The zero-order valence-electron chi connectivity index (χ0n) is 19.2. The van der Waals surface area contributed by atoms with Crippen LogP contribution in [-0.2, 0) is 10.2 Å². The third-order valence-electron chi connectivity index (χ3n) is 8.57. The summed E-state index contributed by atoms with van der Waals surface area (Å²) in [5.41, 5.74) is 1.15. The highest BCUT2D eigenvalue weighted by atomic mass is 16.5. The van der Waals surface area contributed by atoms with Gasteiger partial charge in [0.15, 0.2) is 11.5 Å². The van der Waals surface area contributed by atoms with Crippen molar-refractivity contribution in [3.05, 3.63) is 17.4 Å². The van der Waals surface area contributed by atoms with Crippen LogP contribution in [-0.4, -0.2) is 58.6 Å². The first-order valence-corrected chi connectivity index (χ1v) is 11.8. The van der Waals surface area contributed by atoms with Crippen molar-refractivity contribution < 1.29 is 29.4 Å². The lowest BCUT2D eigenvalue weighted by atomic mass is 9.53. The maximum Gasteiger partial charge on any atom is 0.496 e. The number of nitrogens with zero attached hydrogens (tertiary/aromatic N) is 1. The number of benzene rings is 1. The second kappa shape index (κ2) is 7.65. The average molecular weight is 443 g/mol. The number of aromatic hydroxyl groups is 2. The van der Waals surface area contributed by atoms with Gasteiger partial charge in [-0.15, -0.1) is 0 Å². The molecule has 3 unspecified atom stereocenters. The monoisotopic (exact) mass is 443 g/mol. The average Bonchev–Trinajstić information content (AvgIpc) is 3.03. The summed E-state index contributed by atoms with van der Waals surface area (Å²) in [4.78, 5) is 2.41. The fourth-order valence-electron chi connectivity index (χ4n) is 7.14. The first kappa shape index (κ1) is 22.1. The molecule has 0 bridgehead atoms. The summed E-state index contributed by atoms with van der Waals surface area (Å²) in [6, 6.07) is 1.59. The Kier molecular flexibility index (Phi) is 5.28. The molecule has 174 valence electrons. The van der Waals surface area contributed by atoms with Gasteiger partial charge in [-0.2, -0.15) is 0 Å². The number of ether oxygens (including phenoxy) is 1. The van der Waals surface area contributed by atoms with Gasteiger partial charge in [0, 0.05) is 24.0 Å². The highest BCUT2D eigenvalue weighted by molar-refractivity contribution is 6.63. The van der Waals surface area contributed by atoms with Gasteiger partial charge in [0.2, 0.25) is 0 Å². The third-order valence-corrected chi connectivity index (χ3v) is 8.57. The van der Waals surface area contributed by atoms with E-state index in [0.717, 1.165) is 50.1 Å². The maximum absolute atomic E-state index is 10.5. The number of rotatable bonds is 2. The van der Waals surface area contributed by atoms with E-state index >= 15 is 0 Å². The lowest BCUT2D eigenvalue weighted by Crippen LogP contribution is -2.44. The SMILES string of the molecule is CC1(C)CCCC2(C)c3c(oc4c(B(O)O)c(O)c(O)cc34)C(N3CCOCC3)CCC12. The van der Waals surface area contributed by atoms with Crippen LogP contribution in [0.4, 0.5) is 0 Å². The molecule has 3 atom stereocenters. The molecule has 3 aliphatic rings. The third kappa shape index (κ3) is 3.18. The number of fused-ring (bicyclic) bond motifs is 5. The first-order chi connectivity index (χ1) is 15.1. The summed E-state index contributed by atoms with van der Waals surface area (Å²) >= 11 is 0. The van der Waals surface area contributed by atoms with E-state index in [9.17, 15) is 20.3 Å². The van der Waals surface area contributed by atoms with E-state index in [1.807, 2.05) is 0 Å². The lowest BCUT2D eigenvalue weighted by Gasteiger charge is -2.50. The van der Waals surface area contributed by atoms with E-state index in [4.69, 9.17) is 9.15 Å². The number of furan rings is 1. The molecule has 1 saturated heterocycles. The smallest absolute Gasteiger partial charge is 0.496 e. The highest BCUT2D eigenvalue weighted by Crippen LogP contribution is 2.60. The summed E-state index contributed by atoms with van der Waals surface area (Å²) < 4.78 is 12.1. The van der Waals surface area contributed by atoms with Crippen molar-refractivity contribution in [3.8, 4) is 11.5 Å². The van der Waals surface area contributed by atoms with Crippen LogP contribution in [0.2, 0.25) is 0 Å². The van der Waals surface area contributed by atoms with Crippen molar-refractivity contribution in [2.24, 2.45) is 11.3 Å². The van der Waals surface area contributed by atoms with Crippen molar-refractivity contribution in [3.63, 3.8) is 0 Å². The van der Waals surface area contributed by atoms with Crippen LogP contribution in [0.1, 0.15) is 70.2 Å². The lowest BCUT2D eigenvalue weighted by molar-refractivity contribution is 0.00563. The minimum absolute atomic E-state index is 0.0486. The van der Waals surface area contributed by atoms with Crippen molar-refractivity contribution in [2.75, 3.05) is 26.3 Å². The van der Waals surface area contributed by atoms with E-state index in [-0.39, 0.29) is 33.7 Å². The van der Waals surface area contributed by atoms with Crippen molar-refractivity contribution in [1.29, 1.82) is 0 Å². The minimum Gasteiger partial charge on any atom is -0.504 e. The van der Waals surface area contributed by atoms with Gasteiger partial charge >= 0.3 is 7.12 Å². The number of hydrogen-bond acceptors (Lipinski definition) is 7.